The molecule has 4 aromatic rings. The number of benzene rings is 4. The minimum atomic E-state index is -1.66. The van der Waals surface area contributed by atoms with Gasteiger partial charge in [-0.05, 0) is 90.6 Å². The number of fused-ring (bicyclic) bond motifs is 4. The number of aromatic hydroxyl groups is 2. The van der Waals surface area contributed by atoms with Crippen molar-refractivity contribution in [3.05, 3.63) is 124 Å². The average molecular weight is 752 g/mol. The number of ether oxygens (including phenoxy) is 1. The minimum Gasteiger partial charge on any atom is -0.507 e. The molecule has 2 aliphatic heterocycles. The van der Waals surface area contributed by atoms with Gasteiger partial charge in [0.1, 0.15) is 17.1 Å². The van der Waals surface area contributed by atoms with E-state index in [4.69, 9.17) is 16.3 Å². The molecular weight excluding hydrogens is 721 g/mol. The van der Waals surface area contributed by atoms with Crippen molar-refractivity contribution in [1.29, 1.82) is 0 Å². The van der Waals surface area contributed by atoms with E-state index in [1.54, 1.807) is 36.4 Å². The molecule has 0 aromatic heterocycles. The second-order valence-corrected chi connectivity index (χ2v) is 14.3. The molecule has 4 aromatic carbocycles. The van der Waals surface area contributed by atoms with Crippen LogP contribution >= 0.6 is 11.6 Å². The normalized spacial score (nSPS) is 25.9. The molecule has 1 saturated carbocycles. The molecule has 54 heavy (non-hydrogen) atoms. The molecule has 4 N–H and O–H groups in total. The lowest BCUT2D eigenvalue weighted by atomic mass is 9.49. The van der Waals surface area contributed by atoms with E-state index in [-0.39, 0.29) is 35.7 Å². The Bertz CT molecular complexity index is 2310. The Morgan fingerprint density at radius 3 is 2.26 bits per heavy atom. The van der Waals surface area contributed by atoms with E-state index in [9.17, 15) is 38.9 Å². The summed E-state index contributed by atoms with van der Waals surface area (Å²) in [7, 11) is 1.39. The predicted octanol–water partition coefficient (Wildman–Crippen LogP) is 5.79. The first-order valence-corrected chi connectivity index (χ1v) is 17.4. The highest BCUT2D eigenvalue weighted by Crippen LogP contribution is 2.64. The van der Waals surface area contributed by atoms with Crippen LogP contribution in [0.15, 0.2) is 96.6 Å². The number of carboxylic acid groups (broad SMARTS) is 1. The largest absolute Gasteiger partial charge is 0.507 e. The van der Waals surface area contributed by atoms with E-state index in [2.05, 4.69) is 5.43 Å². The van der Waals surface area contributed by atoms with Crippen LogP contribution in [-0.4, -0.2) is 57.0 Å². The van der Waals surface area contributed by atoms with Gasteiger partial charge in [-0.2, -0.15) is 5.01 Å². The van der Waals surface area contributed by atoms with Crippen molar-refractivity contribution < 1.29 is 48.4 Å². The quantitative estimate of drug-likeness (QED) is 0.134. The fourth-order valence-corrected chi connectivity index (χ4v) is 9.14. The number of methoxy groups -OCH3 is 1. The number of amides is 4. The molecule has 6 atom stereocenters. The summed E-state index contributed by atoms with van der Waals surface area (Å²) in [6.07, 6.45) is 1.89. The zero-order chi connectivity index (χ0) is 38.2. The number of halogens is 2. The second-order valence-electron chi connectivity index (χ2n) is 13.8. The van der Waals surface area contributed by atoms with Crippen LogP contribution in [0.25, 0.3) is 0 Å². The smallest absolute Gasteiger partial charge is 0.339 e. The fraction of sp³-hybridized carbons (Fsp3) is 0.225. The van der Waals surface area contributed by atoms with Crippen molar-refractivity contribution >= 4 is 52.6 Å². The summed E-state index contributed by atoms with van der Waals surface area (Å²) in [5.41, 5.74) is 2.58. The zero-order valence-corrected chi connectivity index (χ0v) is 29.2. The number of carboxylic acids is 1. The Morgan fingerprint density at radius 2 is 1.61 bits per heavy atom. The van der Waals surface area contributed by atoms with Crippen LogP contribution in [0.2, 0.25) is 5.02 Å². The first-order chi connectivity index (χ1) is 25.9. The van der Waals surface area contributed by atoms with Gasteiger partial charge in [-0.3, -0.25) is 24.6 Å². The van der Waals surface area contributed by atoms with E-state index in [0.717, 1.165) is 22.0 Å². The van der Waals surface area contributed by atoms with Crippen LogP contribution in [-0.2, 0) is 24.6 Å². The Balaban J connectivity index is 1.31. The number of rotatable bonds is 7. The van der Waals surface area contributed by atoms with E-state index in [1.807, 2.05) is 6.08 Å². The van der Waals surface area contributed by atoms with Gasteiger partial charge in [0.2, 0.25) is 11.8 Å². The van der Waals surface area contributed by atoms with Gasteiger partial charge < -0.3 is 20.1 Å². The van der Waals surface area contributed by atoms with Gasteiger partial charge in [0.25, 0.3) is 11.8 Å². The van der Waals surface area contributed by atoms with Crippen LogP contribution in [0.4, 0.5) is 15.8 Å². The summed E-state index contributed by atoms with van der Waals surface area (Å²) < 4.78 is 19.2. The standard InChI is InChI=1S/C40H31ClFN3O9/c1-54-32-15-2-19(16-31(32)47)34-25-13-14-27-33(37(50)44(35(27)48)24-11-12-26(38(51)52)30(46)17-24)28(25)18-29-36(49)45(43-23-9-7-22(42)8-10-23)39(53)40(29,34)20-3-5-21(41)6-4-20/h2-13,15-17,27-29,33-34,43,46-47H,14,18H2,1H3,(H,51,52)/t27-,28+,29-,33-,34-,40+/m0/s1. The summed E-state index contributed by atoms with van der Waals surface area (Å²) in [6.45, 7) is 0. The first-order valence-electron chi connectivity index (χ1n) is 17.0. The van der Waals surface area contributed by atoms with Crippen LogP contribution in [0.1, 0.15) is 40.2 Å². The molecule has 8 rings (SSSR count). The van der Waals surface area contributed by atoms with Gasteiger partial charge in [-0.1, -0.05) is 41.4 Å². The first kappa shape index (κ1) is 34.9. The van der Waals surface area contributed by atoms with Crippen molar-refractivity contribution in [1.82, 2.24) is 5.01 Å². The number of nitrogens with zero attached hydrogens (tertiary/aromatic N) is 2. The summed E-state index contributed by atoms with van der Waals surface area (Å²) >= 11 is 6.33. The zero-order valence-electron chi connectivity index (χ0n) is 28.4. The Hall–Kier alpha value is -6.21. The molecule has 0 radical (unpaired) electrons. The number of carbonyl (C=O) groups excluding carboxylic acids is 4. The third-order valence-electron chi connectivity index (χ3n) is 11.3. The lowest BCUT2D eigenvalue weighted by molar-refractivity contribution is -0.138. The molecule has 0 unspecified atom stereocenters. The maximum Gasteiger partial charge on any atom is 0.339 e. The van der Waals surface area contributed by atoms with Gasteiger partial charge in [0, 0.05) is 17.0 Å². The number of carbonyl (C=O) groups is 5. The van der Waals surface area contributed by atoms with Crippen LogP contribution in [0.3, 0.4) is 0 Å². The van der Waals surface area contributed by atoms with Crippen molar-refractivity contribution in [3.8, 4) is 17.2 Å². The summed E-state index contributed by atoms with van der Waals surface area (Å²) in [4.78, 5) is 70.9. The van der Waals surface area contributed by atoms with Gasteiger partial charge in [0.15, 0.2) is 11.5 Å². The number of allylic oxidation sites excluding steroid dienone is 2. The lowest BCUT2D eigenvalue weighted by Crippen LogP contribution is -2.53. The monoisotopic (exact) mass is 751 g/mol. The number of phenolic OH excluding ortho intramolecular Hbond substituents is 1. The molecule has 2 aliphatic carbocycles. The van der Waals surface area contributed by atoms with Gasteiger partial charge >= 0.3 is 5.97 Å². The van der Waals surface area contributed by atoms with Crippen LogP contribution in [0, 0.1) is 29.5 Å². The van der Waals surface area contributed by atoms with E-state index >= 15 is 4.79 Å². The third kappa shape index (κ3) is 5.06. The number of phenols is 2. The highest BCUT2D eigenvalue weighted by Gasteiger charge is 2.70. The van der Waals surface area contributed by atoms with Gasteiger partial charge in [-0.15, -0.1) is 0 Å². The molecule has 0 spiro atoms. The SMILES string of the molecule is COc1ccc([C@H]2C3=CC[C@@H]4C(=O)N(c5ccc(C(=O)O)c(O)c5)C(=O)[C@@H]4[C@@H]3C[C@H]3C(=O)N(Nc4ccc(F)cc4)C(=O)[C@@]23c2ccc(Cl)cc2)cc1O. The Kier molecular flexibility index (Phi) is 8.22. The van der Waals surface area contributed by atoms with Gasteiger partial charge in [-0.25, -0.2) is 14.1 Å². The molecule has 3 fully saturated rings. The molecule has 4 amide bonds. The lowest BCUT2D eigenvalue weighted by Gasteiger charge is -2.50. The number of imide groups is 2. The molecule has 0 bridgehead atoms. The summed E-state index contributed by atoms with van der Waals surface area (Å²) in [6, 6.07) is 19.8. The number of aromatic carboxylic acids is 1. The molecule has 2 heterocycles. The second kappa shape index (κ2) is 12.7. The Labute approximate surface area is 312 Å². The third-order valence-corrected chi connectivity index (χ3v) is 11.5. The molecular formula is C40H31ClFN3O9. The van der Waals surface area contributed by atoms with E-state index in [1.165, 1.54) is 43.5 Å². The highest BCUT2D eigenvalue weighted by molar-refractivity contribution is 6.30. The van der Waals surface area contributed by atoms with Crippen molar-refractivity contribution in [3.63, 3.8) is 0 Å². The number of anilines is 2. The van der Waals surface area contributed by atoms with E-state index in [0.29, 0.717) is 21.7 Å². The molecule has 4 aliphatic rings. The highest BCUT2D eigenvalue weighted by atomic mass is 35.5. The average Bonchev–Trinajstić information content (AvgIpc) is 3.53. The number of hydrogen-bond acceptors (Lipinski definition) is 9. The van der Waals surface area contributed by atoms with Crippen LogP contribution < -0.4 is 15.1 Å². The topological polar surface area (TPSA) is 174 Å². The Morgan fingerprint density at radius 1 is 0.889 bits per heavy atom. The fourth-order valence-electron chi connectivity index (χ4n) is 9.01. The molecule has 14 heteroatoms. The van der Waals surface area contributed by atoms with Crippen molar-refractivity contribution in [2.75, 3.05) is 17.4 Å². The number of hydrazine groups is 1. The summed E-state index contributed by atoms with van der Waals surface area (Å²) in [5.74, 6) is -9.68. The molecule has 274 valence electrons. The predicted molar refractivity (Wildman–Crippen MR) is 191 cm³/mol. The number of nitrogens with one attached hydrogen (secondary N) is 1. The summed E-state index contributed by atoms with van der Waals surface area (Å²) in [5, 5.41) is 32.2. The molecule has 2 saturated heterocycles. The van der Waals surface area contributed by atoms with Crippen molar-refractivity contribution in [2.45, 2.75) is 24.2 Å². The van der Waals surface area contributed by atoms with E-state index < -0.39 is 81.7 Å². The molecule has 12 nitrogen and oxygen atoms in total. The number of hydrogen-bond donors (Lipinski definition) is 4. The van der Waals surface area contributed by atoms with Crippen LogP contribution in [0.5, 0.6) is 17.2 Å². The maximum atomic E-state index is 15.2. The minimum absolute atomic E-state index is 0.00630. The van der Waals surface area contributed by atoms with Crippen molar-refractivity contribution in [2.24, 2.45) is 23.7 Å². The maximum absolute atomic E-state index is 15.2. The van der Waals surface area contributed by atoms with Gasteiger partial charge in [0.05, 0.1) is 41.7 Å².